The summed E-state index contributed by atoms with van der Waals surface area (Å²) in [4.78, 5) is 9.49. The van der Waals surface area contributed by atoms with Crippen molar-refractivity contribution in [3.63, 3.8) is 0 Å². The van der Waals surface area contributed by atoms with E-state index >= 15 is 0 Å². The number of fused-ring (bicyclic) bond motifs is 1. The van der Waals surface area contributed by atoms with Crippen LogP contribution in [-0.2, 0) is 4.74 Å². The Bertz CT molecular complexity index is 807. The van der Waals surface area contributed by atoms with Crippen molar-refractivity contribution in [3.05, 3.63) is 34.7 Å². The fourth-order valence-corrected chi connectivity index (χ4v) is 3.11. The van der Waals surface area contributed by atoms with Gasteiger partial charge in [0.15, 0.2) is 0 Å². The Kier molecular flexibility index (Phi) is 4.42. The molecule has 0 saturated heterocycles. The molecule has 2 N–H and O–H groups in total. The van der Waals surface area contributed by atoms with Gasteiger partial charge in [0.05, 0.1) is 21.8 Å². The van der Waals surface area contributed by atoms with Gasteiger partial charge in [-0.25, -0.2) is 4.98 Å². The molecule has 0 saturated carbocycles. The van der Waals surface area contributed by atoms with Gasteiger partial charge in [0.25, 0.3) is 0 Å². The van der Waals surface area contributed by atoms with E-state index in [1.54, 1.807) is 7.11 Å². The van der Waals surface area contributed by atoms with E-state index < -0.39 is 0 Å². The van der Waals surface area contributed by atoms with Crippen molar-refractivity contribution in [2.45, 2.75) is 0 Å². The second-order valence-electron chi connectivity index (χ2n) is 4.56. The maximum Gasteiger partial charge on any atom is 0.226 e. The molecule has 2 heterocycles. The molecule has 0 spiro atoms. The van der Waals surface area contributed by atoms with Crippen LogP contribution < -0.4 is 10.5 Å². The molecule has 0 atom stereocenters. The smallest absolute Gasteiger partial charge is 0.226 e. The van der Waals surface area contributed by atoms with Crippen LogP contribution in [0, 0.1) is 0 Å². The highest BCUT2D eigenvalue weighted by Crippen LogP contribution is 2.34. The Labute approximate surface area is 136 Å². The van der Waals surface area contributed by atoms with Gasteiger partial charge < -0.3 is 15.2 Å². The minimum atomic E-state index is 0.187. The molecule has 114 valence electrons. The first kappa shape index (κ1) is 15.0. The van der Waals surface area contributed by atoms with E-state index in [2.05, 4.69) is 9.97 Å². The van der Waals surface area contributed by atoms with Crippen molar-refractivity contribution in [3.8, 4) is 16.3 Å². The Morgan fingerprint density at radius 1 is 1.18 bits per heavy atom. The van der Waals surface area contributed by atoms with Gasteiger partial charge in [0.2, 0.25) is 11.8 Å². The third-order valence-corrected chi connectivity index (χ3v) is 4.34. The van der Waals surface area contributed by atoms with Crippen LogP contribution in [0.1, 0.15) is 0 Å². The number of aromatic nitrogens is 2. The highest BCUT2D eigenvalue weighted by molar-refractivity contribution is 7.19. The van der Waals surface area contributed by atoms with Gasteiger partial charge in [0.1, 0.15) is 6.61 Å². The number of halogens is 1. The maximum absolute atomic E-state index is 6.00. The Morgan fingerprint density at radius 3 is 2.77 bits per heavy atom. The molecule has 3 rings (SSSR count). The van der Waals surface area contributed by atoms with Gasteiger partial charge in [-0.2, -0.15) is 4.98 Å². The fraction of sp³-hybridized carbons (Fsp3) is 0.200. The molecule has 0 bridgehead atoms. The molecule has 0 fully saturated rings. The van der Waals surface area contributed by atoms with Gasteiger partial charge in [-0.05, 0) is 29.8 Å². The number of rotatable bonds is 5. The first-order chi connectivity index (χ1) is 10.7. The molecule has 0 amide bonds. The van der Waals surface area contributed by atoms with Crippen molar-refractivity contribution in [1.29, 1.82) is 0 Å². The fourth-order valence-electron chi connectivity index (χ4n) is 2.07. The van der Waals surface area contributed by atoms with Crippen molar-refractivity contribution in [2.75, 3.05) is 26.1 Å². The first-order valence-corrected chi connectivity index (χ1v) is 7.81. The van der Waals surface area contributed by atoms with Gasteiger partial charge >= 0.3 is 0 Å². The summed E-state index contributed by atoms with van der Waals surface area (Å²) >= 11 is 7.52. The normalized spacial score (nSPS) is 11.0. The summed E-state index contributed by atoms with van der Waals surface area (Å²) in [6, 6.07) is 9.73. The molecule has 0 unspecified atom stereocenters. The van der Waals surface area contributed by atoms with E-state index in [1.165, 1.54) is 11.3 Å². The molecule has 22 heavy (non-hydrogen) atoms. The van der Waals surface area contributed by atoms with Crippen LogP contribution in [-0.4, -0.2) is 30.3 Å². The van der Waals surface area contributed by atoms with E-state index in [0.717, 1.165) is 25.7 Å². The van der Waals surface area contributed by atoms with E-state index in [4.69, 9.17) is 26.8 Å². The van der Waals surface area contributed by atoms with Crippen molar-refractivity contribution >= 4 is 39.8 Å². The van der Waals surface area contributed by atoms with Crippen molar-refractivity contribution in [1.82, 2.24) is 9.97 Å². The minimum Gasteiger partial charge on any atom is -0.475 e. The SMILES string of the molecule is COCCOc1nc(N)nc2ccc(-c3ccc(Cl)s3)cc12. The van der Waals surface area contributed by atoms with Crippen LogP contribution in [0.2, 0.25) is 4.34 Å². The number of hydrogen-bond acceptors (Lipinski definition) is 6. The number of anilines is 1. The molecule has 7 heteroatoms. The second-order valence-corrected chi connectivity index (χ2v) is 6.28. The number of thiophene rings is 1. The lowest BCUT2D eigenvalue weighted by Crippen LogP contribution is -2.07. The maximum atomic E-state index is 6.00. The third kappa shape index (κ3) is 3.14. The van der Waals surface area contributed by atoms with Crippen molar-refractivity contribution < 1.29 is 9.47 Å². The number of benzene rings is 1. The average Bonchev–Trinajstić information content (AvgIpc) is 2.93. The highest BCUT2D eigenvalue weighted by atomic mass is 35.5. The van der Waals surface area contributed by atoms with Crippen molar-refractivity contribution in [2.24, 2.45) is 0 Å². The number of nitrogens with zero attached hydrogens (tertiary/aromatic N) is 2. The molecule has 1 aromatic carbocycles. The van der Waals surface area contributed by atoms with Crippen LogP contribution >= 0.6 is 22.9 Å². The lowest BCUT2D eigenvalue weighted by atomic mass is 10.1. The zero-order valence-corrected chi connectivity index (χ0v) is 13.4. The van der Waals surface area contributed by atoms with Crippen LogP contribution in [0.25, 0.3) is 21.3 Å². The second kappa shape index (κ2) is 6.48. The summed E-state index contributed by atoms with van der Waals surface area (Å²) in [5.41, 5.74) is 7.51. The third-order valence-electron chi connectivity index (χ3n) is 3.06. The summed E-state index contributed by atoms with van der Waals surface area (Å²) in [7, 11) is 1.62. The Balaban J connectivity index is 2.04. The standard InChI is InChI=1S/C15H14ClN3O2S/c1-20-6-7-21-14-10-8-9(12-4-5-13(16)22-12)2-3-11(10)18-15(17)19-14/h2-5,8H,6-7H2,1H3,(H2,17,18,19). The predicted octanol–water partition coefficient (Wildman–Crippen LogP) is 3.62. The molecular formula is C15H14ClN3O2S. The van der Waals surface area contributed by atoms with E-state index in [-0.39, 0.29) is 5.95 Å². The lowest BCUT2D eigenvalue weighted by molar-refractivity contribution is 0.144. The quantitative estimate of drug-likeness (QED) is 0.721. The molecule has 5 nitrogen and oxygen atoms in total. The summed E-state index contributed by atoms with van der Waals surface area (Å²) in [6.07, 6.45) is 0. The predicted molar refractivity (Wildman–Crippen MR) is 89.6 cm³/mol. The van der Waals surface area contributed by atoms with Crippen LogP contribution in [0.5, 0.6) is 5.88 Å². The Morgan fingerprint density at radius 2 is 2.05 bits per heavy atom. The van der Waals surface area contributed by atoms with E-state index in [9.17, 15) is 0 Å². The molecule has 0 aliphatic heterocycles. The monoisotopic (exact) mass is 335 g/mol. The first-order valence-electron chi connectivity index (χ1n) is 6.62. The summed E-state index contributed by atoms with van der Waals surface area (Å²) in [5, 5.41) is 0.812. The zero-order valence-electron chi connectivity index (χ0n) is 11.9. The van der Waals surface area contributed by atoms with Gasteiger partial charge in [-0.3, -0.25) is 0 Å². The molecule has 0 aliphatic rings. The van der Waals surface area contributed by atoms with Crippen LogP contribution in [0.3, 0.4) is 0 Å². The summed E-state index contributed by atoms with van der Waals surface area (Å²) in [6.45, 7) is 0.878. The minimum absolute atomic E-state index is 0.187. The van der Waals surface area contributed by atoms with Gasteiger partial charge in [-0.15, -0.1) is 11.3 Å². The molecule has 0 radical (unpaired) electrons. The summed E-state index contributed by atoms with van der Waals surface area (Å²) < 4.78 is 11.4. The number of methoxy groups -OCH3 is 1. The molecule has 0 aliphatic carbocycles. The van der Waals surface area contributed by atoms with Gasteiger partial charge in [0, 0.05) is 12.0 Å². The highest BCUT2D eigenvalue weighted by Gasteiger charge is 2.10. The number of hydrogen-bond donors (Lipinski definition) is 1. The average molecular weight is 336 g/mol. The largest absolute Gasteiger partial charge is 0.475 e. The van der Waals surface area contributed by atoms with E-state index in [0.29, 0.717) is 19.1 Å². The molecule has 2 aromatic heterocycles. The number of ether oxygens (including phenoxy) is 2. The molecule has 3 aromatic rings. The lowest BCUT2D eigenvalue weighted by Gasteiger charge is -2.09. The zero-order chi connectivity index (χ0) is 15.5. The number of nitrogen functional groups attached to an aromatic ring is 1. The molecular weight excluding hydrogens is 322 g/mol. The Hall–Kier alpha value is -1.89. The van der Waals surface area contributed by atoms with E-state index in [1.807, 2.05) is 30.3 Å². The summed E-state index contributed by atoms with van der Waals surface area (Å²) in [5.74, 6) is 0.649. The number of nitrogens with two attached hydrogens (primary N) is 1. The van der Waals surface area contributed by atoms with Crippen LogP contribution in [0.15, 0.2) is 30.3 Å². The topological polar surface area (TPSA) is 70.3 Å². The van der Waals surface area contributed by atoms with Gasteiger partial charge in [-0.1, -0.05) is 17.7 Å². The van der Waals surface area contributed by atoms with Crippen LogP contribution in [0.4, 0.5) is 5.95 Å².